The number of amides is 2. The highest BCUT2D eigenvalue weighted by Gasteiger charge is 2.15. The maximum Gasteiger partial charge on any atom is 0.224 e. The van der Waals surface area contributed by atoms with E-state index in [-0.39, 0.29) is 11.8 Å². The van der Waals surface area contributed by atoms with E-state index < -0.39 is 0 Å². The van der Waals surface area contributed by atoms with Crippen molar-refractivity contribution in [2.24, 2.45) is 0 Å². The number of aromatic nitrogens is 3. The fourth-order valence-electron chi connectivity index (χ4n) is 3.74. The maximum absolute atomic E-state index is 12.5. The van der Waals surface area contributed by atoms with E-state index in [0.717, 1.165) is 52.4 Å². The molecule has 4 rings (SSSR count). The Kier molecular flexibility index (Phi) is 4.81. The summed E-state index contributed by atoms with van der Waals surface area (Å²) < 4.78 is 1.81. The summed E-state index contributed by atoms with van der Waals surface area (Å²) in [6.07, 6.45) is 4.87. The van der Waals surface area contributed by atoms with Crippen molar-refractivity contribution in [2.75, 3.05) is 10.6 Å². The monoisotopic (exact) mass is 377 g/mol. The van der Waals surface area contributed by atoms with Crippen LogP contribution >= 0.6 is 0 Å². The van der Waals surface area contributed by atoms with Crippen molar-refractivity contribution in [3.05, 3.63) is 53.0 Å². The second kappa shape index (κ2) is 7.42. The van der Waals surface area contributed by atoms with Crippen LogP contribution in [0, 0.1) is 13.8 Å². The predicted octanol–water partition coefficient (Wildman–Crippen LogP) is 3.19. The molecule has 0 atom stereocenters. The molecule has 0 spiro atoms. The molecule has 0 aliphatic carbocycles. The minimum absolute atomic E-state index is 0.0445. The second-order valence-corrected chi connectivity index (χ2v) is 7.18. The standard InChI is InChI=1S/C21H23N5O2/c1-13-17(14(2)26-19(23-13)10-11-22-26)7-9-21(28)24-16-6-8-18-15(12-16)4-3-5-20(27)25-18/h6,8,10-12H,3-5,7,9H2,1-2H3,(H,24,28)(H,25,27). The van der Waals surface area contributed by atoms with Gasteiger partial charge in [0, 0.05) is 41.7 Å². The lowest BCUT2D eigenvalue weighted by molar-refractivity contribution is -0.117. The minimum atomic E-state index is -0.0445. The molecule has 2 N–H and O–H groups in total. The van der Waals surface area contributed by atoms with Crippen molar-refractivity contribution in [2.45, 2.75) is 46.0 Å². The van der Waals surface area contributed by atoms with E-state index in [1.807, 2.05) is 38.1 Å². The summed E-state index contributed by atoms with van der Waals surface area (Å²) in [5.41, 5.74) is 6.47. The Morgan fingerprint density at radius 1 is 1.25 bits per heavy atom. The molecule has 7 nitrogen and oxygen atoms in total. The number of nitrogens with zero attached hydrogens (tertiary/aromatic N) is 3. The number of anilines is 2. The number of carbonyl (C=O) groups excluding carboxylic acids is 2. The summed E-state index contributed by atoms with van der Waals surface area (Å²) in [6.45, 7) is 3.97. The third-order valence-electron chi connectivity index (χ3n) is 5.21. The van der Waals surface area contributed by atoms with Gasteiger partial charge in [-0.25, -0.2) is 9.50 Å². The fourth-order valence-corrected chi connectivity index (χ4v) is 3.74. The summed E-state index contributed by atoms with van der Waals surface area (Å²) >= 11 is 0. The first-order chi connectivity index (χ1) is 13.5. The SMILES string of the molecule is Cc1nc2ccnn2c(C)c1CCC(=O)Nc1ccc2c(c1)CCCC(=O)N2. The van der Waals surface area contributed by atoms with Crippen molar-refractivity contribution in [3.63, 3.8) is 0 Å². The van der Waals surface area contributed by atoms with Crippen LogP contribution in [0.4, 0.5) is 11.4 Å². The van der Waals surface area contributed by atoms with Crippen LogP contribution in [0.2, 0.25) is 0 Å². The minimum Gasteiger partial charge on any atom is -0.326 e. The summed E-state index contributed by atoms with van der Waals surface area (Å²) in [4.78, 5) is 28.7. The molecule has 1 aromatic carbocycles. The van der Waals surface area contributed by atoms with Gasteiger partial charge >= 0.3 is 0 Å². The van der Waals surface area contributed by atoms with Crippen LogP contribution in [0.25, 0.3) is 5.65 Å². The van der Waals surface area contributed by atoms with Crippen molar-refractivity contribution >= 4 is 28.8 Å². The van der Waals surface area contributed by atoms with Gasteiger partial charge in [-0.3, -0.25) is 9.59 Å². The topological polar surface area (TPSA) is 88.4 Å². The molecule has 1 aliphatic heterocycles. The van der Waals surface area contributed by atoms with Gasteiger partial charge in [-0.2, -0.15) is 5.10 Å². The molecule has 0 fully saturated rings. The lowest BCUT2D eigenvalue weighted by Crippen LogP contribution is -2.15. The first-order valence-electron chi connectivity index (χ1n) is 9.54. The van der Waals surface area contributed by atoms with Gasteiger partial charge in [0.25, 0.3) is 0 Å². The van der Waals surface area contributed by atoms with E-state index >= 15 is 0 Å². The highest BCUT2D eigenvalue weighted by Crippen LogP contribution is 2.25. The highest BCUT2D eigenvalue weighted by atomic mass is 16.2. The van der Waals surface area contributed by atoms with Crippen molar-refractivity contribution in [1.82, 2.24) is 14.6 Å². The summed E-state index contributed by atoms with van der Waals surface area (Å²) in [7, 11) is 0. The third kappa shape index (κ3) is 3.60. The predicted molar refractivity (Wildman–Crippen MR) is 107 cm³/mol. The number of carbonyl (C=O) groups is 2. The molecule has 0 radical (unpaired) electrons. The molecule has 2 aromatic heterocycles. The van der Waals surface area contributed by atoms with Gasteiger partial charge in [0.1, 0.15) is 0 Å². The van der Waals surface area contributed by atoms with Crippen LogP contribution in [0.5, 0.6) is 0 Å². The van der Waals surface area contributed by atoms with Crippen LogP contribution in [0.3, 0.4) is 0 Å². The molecule has 2 amide bonds. The second-order valence-electron chi connectivity index (χ2n) is 7.18. The molecule has 0 saturated carbocycles. The van der Waals surface area contributed by atoms with Crippen LogP contribution in [0.15, 0.2) is 30.5 Å². The molecule has 0 bridgehead atoms. The van der Waals surface area contributed by atoms with Crippen LogP contribution in [-0.2, 0) is 22.4 Å². The first kappa shape index (κ1) is 18.2. The van der Waals surface area contributed by atoms with E-state index in [1.54, 1.807) is 10.7 Å². The molecular formula is C21H23N5O2. The lowest BCUT2D eigenvalue weighted by atomic mass is 10.1. The molecule has 7 heteroatoms. The molecule has 0 saturated heterocycles. The quantitative estimate of drug-likeness (QED) is 0.731. The Morgan fingerprint density at radius 2 is 2.11 bits per heavy atom. The van der Waals surface area contributed by atoms with Crippen LogP contribution in [0.1, 0.15) is 41.8 Å². The Hall–Kier alpha value is -3.22. The summed E-state index contributed by atoms with van der Waals surface area (Å²) in [5.74, 6) is 0.000931. The first-order valence-corrected chi connectivity index (χ1v) is 9.54. The van der Waals surface area contributed by atoms with Gasteiger partial charge in [0.2, 0.25) is 11.8 Å². The van der Waals surface area contributed by atoms with E-state index in [0.29, 0.717) is 19.3 Å². The number of hydrogen-bond acceptors (Lipinski definition) is 4. The van der Waals surface area contributed by atoms with Crippen LogP contribution in [-0.4, -0.2) is 26.4 Å². The summed E-state index contributed by atoms with van der Waals surface area (Å²) in [6, 6.07) is 7.51. The zero-order chi connectivity index (χ0) is 19.7. The molecule has 3 aromatic rings. The van der Waals surface area contributed by atoms with Gasteiger partial charge in [0.05, 0.1) is 6.20 Å². The van der Waals surface area contributed by atoms with Gasteiger partial charge in [-0.1, -0.05) is 0 Å². The smallest absolute Gasteiger partial charge is 0.224 e. The van der Waals surface area contributed by atoms with E-state index in [1.165, 1.54) is 0 Å². The zero-order valence-electron chi connectivity index (χ0n) is 16.1. The molecule has 28 heavy (non-hydrogen) atoms. The van der Waals surface area contributed by atoms with Gasteiger partial charge < -0.3 is 10.6 Å². The largest absolute Gasteiger partial charge is 0.326 e. The normalized spacial score (nSPS) is 13.7. The maximum atomic E-state index is 12.5. The Balaban J connectivity index is 1.44. The van der Waals surface area contributed by atoms with E-state index in [4.69, 9.17) is 0 Å². The molecule has 1 aliphatic rings. The zero-order valence-corrected chi connectivity index (χ0v) is 16.1. The molecule has 144 valence electrons. The Morgan fingerprint density at radius 3 is 2.96 bits per heavy atom. The van der Waals surface area contributed by atoms with Gasteiger partial charge in [-0.15, -0.1) is 0 Å². The van der Waals surface area contributed by atoms with Crippen molar-refractivity contribution in [3.8, 4) is 0 Å². The average molecular weight is 377 g/mol. The van der Waals surface area contributed by atoms with E-state index in [2.05, 4.69) is 20.7 Å². The number of fused-ring (bicyclic) bond motifs is 2. The Labute approximate surface area is 163 Å². The van der Waals surface area contributed by atoms with E-state index in [9.17, 15) is 9.59 Å². The number of hydrogen-bond donors (Lipinski definition) is 2. The highest BCUT2D eigenvalue weighted by molar-refractivity contribution is 5.94. The average Bonchev–Trinajstić information content (AvgIpc) is 3.03. The number of rotatable bonds is 4. The number of aryl methyl sites for hydroxylation is 3. The Bertz CT molecular complexity index is 1070. The molecular weight excluding hydrogens is 354 g/mol. The molecule has 3 heterocycles. The third-order valence-corrected chi connectivity index (χ3v) is 5.21. The van der Waals surface area contributed by atoms with Crippen LogP contribution < -0.4 is 10.6 Å². The number of benzene rings is 1. The van der Waals surface area contributed by atoms with Crippen molar-refractivity contribution in [1.29, 1.82) is 0 Å². The van der Waals surface area contributed by atoms with Gasteiger partial charge in [-0.05, 0) is 62.4 Å². The van der Waals surface area contributed by atoms with Crippen molar-refractivity contribution < 1.29 is 9.59 Å². The summed E-state index contributed by atoms with van der Waals surface area (Å²) in [5, 5.41) is 10.2. The molecule has 0 unspecified atom stereocenters. The van der Waals surface area contributed by atoms with Gasteiger partial charge in [0.15, 0.2) is 5.65 Å². The lowest BCUT2D eigenvalue weighted by Gasteiger charge is -2.12. The number of nitrogens with one attached hydrogen (secondary N) is 2. The fraction of sp³-hybridized carbons (Fsp3) is 0.333.